The van der Waals surface area contributed by atoms with E-state index in [1.54, 1.807) is 24.3 Å². The van der Waals surface area contributed by atoms with Crippen molar-refractivity contribution in [3.05, 3.63) is 163 Å². The van der Waals surface area contributed by atoms with Gasteiger partial charge in [0.15, 0.2) is 0 Å². The average molecular weight is 714 g/mol. The molecule has 55 heavy (non-hydrogen) atoms. The van der Waals surface area contributed by atoms with Crippen molar-refractivity contribution in [2.45, 2.75) is 52.4 Å². The molecule has 268 valence electrons. The van der Waals surface area contributed by atoms with Crippen molar-refractivity contribution < 1.29 is 10.2 Å². The number of hydrogen-bond acceptors (Lipinski definition) is 3. The molecular formula is C50H45B2NO2. The molecule has 0 unspecified atom stereocenters. The van der Waals surface area contributed by atoms with Gasteiger partial charge in [0.2, 0.25) is 13.4 Å². The molecule has 2 aliphatic heterocycles. The van der Waals surface area contributed by atoms with Crippen LogP contribution in [0.2, 0.25) is 0 Å². The van der Waals surface area contributed by atoms with Crippen molar-refractivity contribution in [2.75, 3.05) is 4.90 Å². The summed E-state index contributed by atoms with van der Waals surface area (Å²) in [6.45, 7) is 13.6. The van der Waals surface area contributed by atoms with Gasteiger partial charge in [0.1, 0.15) is 11.5 Å². The fourth-order valence-electron chi connectivity index (χ4n) is 8.73. The van der Waals surface area contributed by atoms with Crippen LogP contribution in [0.5, 0.6) is 11.5 Å². The van der Waals surface area contributed by atoms with Crippen LogP contribution in [0.15, 0.2) is 152 Å². The highest BCUT2D eigenvalue weighted by molar-refractivity contribution is 7.02. The summed E-state index contributed by atoms with van der Waals surface area (Å²) in [6.07, 6.45) is 0. The Bertz CT molecular complexity index is 2560. The number of anilines is 3. The smallest absolute Gasteiger partial charge is 0.246 e. The van der Waals surface area contributed by atoms with E-state index in [1.807, 2.05) is 24.3 Å². The number of para-hydroxylation sites is 1. The molecule has 0 saturated carbocycles. The van der Waals surface area contributed by atoms with E-state index < -0.39 is 0 Å². The molecule has 0 saturated heterocycles. The number of hydrogen-bond donors (Lipinski definition) is 2. The van der Waals surface area contributed by atoms with Crippen molar-refractivity contribution in [2.24, 2.45) is 0 Å². The standard InChI is InChI=1S/C50H45B2NO2/c1-49(2,3)36-16-20-38(21-17-36)51-42-9-7-8-10-46(42)53-47-28-15-34(32-11-24-40(54)25-12-32)29-43(47)52(39-22-18-37(19-23-39)50(4,5)6)45-31-35(30-44(51)48(45)53)33-13-26-41(55)27-14-33/h7-31,54-55H,1-6H3. The van der Waals surface area contributed by atoms with E-state index in [0.717, 1.165) is 22.3 Å². The quantitative estimate of drug-likeness (QED) is 0.181. The van der Waals surface area contributed by atoms with Gasteiger partial charge in [-0.1, -0.05) is 168 Å². The SMILES string of the molecule is CC(C)(C)c1ccc(B2c3ccccc3N3c4ccc(-c5ccc(O)cc5)cc4B(c4ccc(C(C)(C)C)cc4)c4cc(-c5ccc(O)cc5)cc2c43)cc1. The van der Waals surface area contributed by atoms with Crippen LogP contribution < -0.4 is 37.7 Å². The summed E-state index contributed by atoms with van der Waals surface area (Å²) in [5.41, 5.74) is 18.2. The van der Waals surface area contributed by atoms with E-state index >= 15 is 0 Å². The molecule has 3 nitrogen and oxygen atoms in total. The van der Waals surface area contributed by atoms with E-state index in [-0.39, 0.29) is 35.8 Å². The molecule has 0 aromatic heterocycles. The fourth-order valence-corrected chi connectivity index (χ4v) is 8.73. The van der Waals surface area contributed by atoms with Gasteiger partial charge in [-0.3, -0.25) is 0 Å². The summed E-state index contributed by atoms with van der Waals surface area (Å²) in [7, 11) is 0. The molecule has 2 heterocycles. The third-order valence-electron chi connectivity index (χ3n) is 11.7. The minimum absolute atomic E-state index is 0.00835. The number of benzene rings is 7. The van der Waals surface area contributed by atoms with E-state index in [2.05, 4.69) is 150 Å². The third kappa shape index (κ3) is 6.03. The molecule has 0 amide bonds. The van der Waals surface area contributed by atoms with Gasteiger partial charge in [0.25, 0.3) is 0 Å². The number of aromatic hydroxyl groups is 2. The lowest BCUT2D eigenvalue weighted by molar-refractivity contribution is 0.475. The van der Waals surface area contributed by atoms with Crippen LogP contribution in [-0.2, 0) is 10.8 Å². The molecule has 7 aromatic carbocycles. The van der Waals surface area contributed by atoms with Gasteiger partial charge in [-0.15, -0.1) is 0 Å². The monoisotopic (exact) mass is 713 g/mol. The zero-order chi connectivity index (χ0) is 38.2. The van der Waals surface area contributed by atoms with Gasteiger partial charge < -0.3 is 15.1 Å². The molecule has 0 fully saturated rings. The van der Waals surface area contributed by atoms with Crippen LogP contribution in [0.3, 0.4) is 0 Å². The first-order valence-corrected chi connectivity index (χ1v) is 19.4. The van der Waals surface area contributed by atoms with E-state index in [1.165, 1.54) is 61.0 Å². The van der Waals surface area contributed by atoms with Crippen LogP contribution in [0.1, 0.15) is 52.7 Å². The highest BCUT2D eigenvalue weighted by Crippen LogP contribution is 2.40. The lowest BCUT2D eigenvalue weighted by Crippen LogP contribution is -2.65. The number of rotatable bonds is 4. The molecular weight excluding hydrogens is 668 g/mol. The second kappa shape index (κ2) is 12.8. The van der Waals surface area contributed by atoms with Gasteiger partial charge in [-0.25, -0.2) is 0 Å². The molecule has 0 atom stereocenters. The predicted molar refractivity (Wildman–Crippen MR) is 235 cm³/mol. The molecule has 2 N–H and O–H groups in total. The molecule has 0 aliphatic carbocycles. The molecule has 7 aromatic rings. The van der Waals surface area contributed by atoms with E-state index in [4.69, 9.17) is 0 Å². The van der Waals surface area contributed by atoms with Crippen molar-refractivity contribution >= 4 is 63.3 Å². The van der Waals surface area contributed by atoms with E-state index in [9.17, 15) is 10.2 Å². The third-order valence-corrected chi connectivity index (χ3v) is 11.7. The van der Waals surface area contributed by atoms with Gasteiger partial charge >= 0.3 is 0 Å². The maximum atomic E-state index is 10.3. The first-order chi connectivity index (χ1) is 26.3. The average Bonchev–Trinajstić information content (AvgIpc) is 3.17. The topological polar surface area (TPSA) is 43.7 Å². The van der Waals surface area contributed by atoms with Crippen molar-refractivity contribution in [1.29, 1.82) is 0 Å². The maximum Gasteiger partial charge on any atom is 0.246 e. The van der Waals surface area contributed by atoms with Gasteiger partial charge in [0, 0.05) is 17.1 Å². The lowest BCUT2D eigenvalue weighted by atomic mass is 9.30. The molecule has 2 aliphatic rings. The van der Waals surface area contributed by atoms with Gasteiger partial charge in [0.05, 0.1) is 0 Å². The summed E-state index contributed by atoms with van der Waals surface area (Å²) < 4.78 is 0. The number of phenolic OH excluding ortho intramolecular Hbond substituents is 2. The van der Waals surface area contributed by atoms with Crippen LogP contribution in [0.4, 0.5) is 17.1 Å². The summed E-state index contributed by atoms with van der Waals surface area (Å²) in [5.74, 6) is 0.515. The summed E-state index contributed by atoms with van der Waals surface area (Å²) in [6, 6.07) is 54.3. The normalized spacial score (nSPS) is 13.3. The Kier molecular flexibility index (Phi) is 8.13. The Morgan fingerprint density at radius 1 is 0.400 bits per heavy atom. The number of nitrogens with zero attached hydrogens (tertiary/aromatic N) is 1. The molecule has 9 rings (SSSR count). The summed E-state index contributed by atoms with van der Waals surface area (Å²) in [5, 5.41) is 20.4. The zero-order valence-corrected chi connectivity index (χ0v) is 32.4. The molecule has 5 heteroatoms. The first-order valence-electron chi connectivity index (χ1n) is 19.4. The highest BCUT2D eigenvalue weighted by Gasteiger charge is 2.44. The first kappa shape index (κ1) is 34.8. The van der Waals surface area contributed by atoms with Crippen molar-refractivity contribution in [1.82, 2.24) is 0 Å². The fraction of sp³-hybridized carbons (Fsp3) is 0.160. The van der Waals surface area contributed by atoms with Crippen molar-refractivity contribution in [3.8, 4) is 33.8 Å². The summed E-state index contributed by atoms with van der Waals surface area (Å²) >= 11 is 0. The van der Waals surface area contributed by atoms with Crippen molar-refractivity contribution in [3.63, 3.8) is 0 Å². The van der Waals surface area contributed by atoms with E-state index in [0.29, 0.717) is 0 Å². The summed E-state index contributed by atoms with van der Waals surface area (Å²) in [4.78, 5) is 2.51. The Hall–Kier alpha value is -5.93. The van der Waals surface area contributed by atoms with Crippen LogP contribution in [0.25, 0.3) is 22.3 Å². The minimum Gasteiger partial charge on any atom is -0.508 e. The Balaban J connectivity index is 1.36. The predicted octanol–water partition coefficient (Wildman–Crippen LogP) is 8.16. The van der Waals surface area contributed by atoms with Crippen LogP contribution >= 0.6 is 0 Å². The Morgan fingerprint density at radius 2 is 0.818 bits per heavy atom. The molecule has 0 spiro atoms. The maximum absolute atomic E-state index is 10.3. The number of phenols is 2. The lowest BCUT2D eigenvalue weighted by Gasteiger charge is -2.44. The second-order valence-electron chi connectivity index (χ2n) is 17.4. The van der Waals surface area contributed by atoms with Crippen LogP contribution in [-0.4, -0.2) is 23.6 Å². The Labute approximate surface area is 326 Å². The number of fused-ring (bicyclic) bond motifs is 4. The highest BCUT2D eigenvalue weighted by atomic mass is 16.3. The zero-order valence-electron chi connectivity index (χ0n) is 32.4. The molecule has 0 radical (unpaired) electrons. The second-order valence-corrected chi connectivity index (χ2v) is 17.4. The van der Waals surface area contributed by atoms with Crippen LogP contribution in [0, 0.1) is 0 Å². The Morgan fingerprint density at radius 3 is 1.33 bits per heavy atom. The molecule has 0 bridgehead atoms. The minimum atomic E-state index is -0.0580. The van der Waals surface area contributed by atoms with Gasteiger partial charge in [-0.05, 0) is 102 Å². The largest absolute Gasteiger partial charge is 0.508 e. The van der Waals surface area contributed by atoms with Gasteiger partial charge in [-0.2, -0.15) is 0 Å².